The Balaban J connectivity index is 2.19. The predicted molar refractivity (Wildman–Crippen MR) is 75.1 cm³/mol. The fraction of sp³-hybridized carbons (Fsp3) is 0.308. The zero-order valence-corrected chi connectivity index (χ0v) is 10.9. The van der Waals surface area contributed by atoms with Gasteiger partial charge in [-0.2, -0.15) is 5.10 Å². The Kier molecular flexibility index (Phi) is 4.67. The summed E-state index contributed by atoms with van der Waals surface area (Å²) in [6, 6.07) is 6.60. The van der Waals surface area contributed by atoms with Crippen molar-refractivity contribution in [2.24, 2.45) is 10.1 Å². The third-order valence-electron chi connectivity index (χ3n) is 2.74. The molecule has 2 rings (SSSR count). The SMILES string of the molecule is O=C(O)c1ccccc1/C=N/N(CCO)C1=NCCN1. The molecule has 3 N–H and O–H groups in total. The molecule has 1 aliphatic heterocycles. The number of aliphatic hydroxyl groups is 1. The van der Waals surface area contributed by atoms with Crippen LogP contribution >= 0.6 is 0 Å². The number of benzene rings is 1. The van der Waals surface area contributed by atoms with Gasteiger partial charge in [0, 0.05) is 12.1 Å². The molecule has 0 aliphatic carbocycles. The van der Waals surface area contributed by atoms with Gasteiger partial charge in [0.2, 0.25) is 5.96 Å². The van der Waals surface area contributed by atoms with E-state index < -0.39 is 5.97 Å². The lowest BCUT2D eigenvalue weighted by atomic mass is 10.1. The Morgan fingerprint density at radius 2 is 2.30 bits per heavy atom. The van der Waals surface area contributed by atoms with Gasteiger partial charge in [0.05, 0.1) is 31.5 Å². The number of carbonyl (C=O) groups is 1. The van der Waals surface area contributed by atoms with Crippen molar-refractivity contribution in [1.82, 2.24) is 10.3 Å². The van der Waals surface area contributed by atoms with Gasteiger partial charge in [0.25, 0.3) is 0 Å². The highest BCUT2D eigenvalue weighted by Crippen LogP contribution is 2.07. The van der Waals surface area contributed by atoms with Crippen LogP contribution in [0.2, 0.25) is 0 Å². The first-order valence-electron chi connectivity index (χ1n) is 6.25. The van der Waals surface area contributed by atoms with Crippen LogP contribution in [-0.4, -0.2) is 59.6 Å². The molecule has 1 aromatic rings. The highest BCUT2D eigenvalue weighted by molar-refractivity contribution is 5.98. The van der Waals surface area contributed by atoms with Crippen LogP contribution in [-0.2, 0) is 0 Å². The molecule has 0 unspecified atom stereocenters. The van der Waals surface area contributed by atoms with E-state index in [1.807, 2.05) is 0 Å². The summed E-state index contributed by atoms with van der Waals surface area (Å²) >= 11 is 0. The molecular formula is C13H16N4O3. The number of carboxylic acid groups (broad SMARTS) is 1. The van der Waals surface area contributed by atoms with Crippen molar-refractivity contribution in [2.75, 3.05) is 26.2 Å². The van der Waals surface area contributed by atoms with Crippen molar-refractivity contribution in [2.45, 2.75) is 0 Å². The van der Waals surface area contributed by atoms with E-state index >= 15 is 0 Å². The number of carboxylic acids is 1. The van der Waals surface area contributed by atoms with Gasteiger partial charge in [-0.1, -0.05) is 18.2 Å². The summed E-state index contributed by atoms with van der Waals surface area (Å²) in [5.41, 5.74) is 0.683. The van der Waals surface area contributed by atoms with Gasteiger partial charge in [0.15, 0.2) is 0 Å². The lowest BCUT2D eigenvalue weighted by Gasteiger charge is -2.17. The summed E-state index contributed by atoms with van der Waals surface area (Å²) in [4.78, 5) is 15.3. The fourth-order valence-corrected chi connectivity index (χ4v) is 1.81. The van der Waals surface area contributed by atoms with Crippen LogP contribution in [0.25, 0.3) is 0 Å². The summed E-state index contributed by atoms with van der Waals surface area (Å²) < 4.78 is 0. The van der Waals surface area contributed by atoms with E-state index in [-0.39, 0.29) is 18.7 Å². The molecule has 0 amide bonds. The third kappa shape index (κ3) is 3.33. The molecule has 0 atom stereocenters. The van der Waals surface area contributed by atoms with E-state index in [9.17, 15) is 4.79 Å². The molecule has 7 heteroatoms. The lowest BCUT2D eigenvalue weighted by molar-refractivity contribution is 0.0696. The molecule has 1 aromatic carbocycles. The van der Waals surface area contributed by atoms with Gasteiger partial charge >= 0.3 is 5.97 Å². The standard InChI is InChI=1S/C13H16N4O3/c18-8-7-17(13-14-5-6-15-13)16-9-10-3-1-2-4-11(10)12(19)20/h1-4,9,18H,5-8H2,(H,14,15)(H,19,20)/b16-9+. The molecule has 106 valence electrons. The minimum absolute atomic E-state index is 0.0708. The quantitative estimate of drug-likeness (QED) is 0.518. The monoisotopic (exact) mass is 276 g/mol. The topological polar surface area (TPSA) is 97.5 Å². The molecule has 0 radical (unpaired) electrons. The second kappa shape index (κ2) is 6.67. The zero-order chi connectivity index (χ0) is 14.4. The maximum Gasteiger partial charge on any atom is 0.336 e. The zero-order valence-electron chi connectivity index (χ0n) is 10.9. The minimum atomic E-state index is -1.00. The number of aliphatic hydroxyl groups excluding tert-OH is 1. The van der Waals surface area contributed by atoms with E-state index in [1.165, 1.54) is 17.3 Å². The first-order chi connectivity index (χ1) is 9.72. The summed E-state index contributed by atoms with van der Waals surface area (Å²) in [6.07, 6.45) is 1.46. The molecule has 0 spiro atoms. The number of guanidine groups is 1. The number of aromatic carboxylic acids is 1. The molecule has 7 nitrogen and oxygen atoms in total. The molecule has 0 saturated heterocycles. The van der Waals surface area contributed by atoms with Crippen LogP contribution in [0.4, 0.5) is 0 Å². The molecule has 1 aliphatic rings. The van der Waals surface area contributed by atoms with Crippen LogP contribution < -0.4 is 5.32 Å². The summed E-state index contributed by atoms with van der Waals surface area (Å²) in [5, 5.41) is 26.9. The van der Waals surface area contributed by atoms with Crippen LogP contribution in [0, 0.1) is 0 Å². The van der Waals surface area contributed by atoms with Crippen molar-refractivity contribution in [3.8, 4) is 0 Å². The summed E-state index contributed by atoms with van der Waals surface area (Å²) in [6.45, 7) is 1.62. The number of hydrazone groups is 1. The number of nitrogens with one attached hydrogen (secondary N) is 1. The van der Waals surface area contributed by atoms with Crippen molar-refractivity contribution in [3.63, 3.8) is 0 Å². The second-order valence-electron chi connectivity index (χ2n) is 4.12. The van der Waals surface area contributed by atoms with E-state index in [0.717, 1.165) is 6.54 Å². The molecule has 0 fully saturated rings. The second-order valence-corrected chi connectivity index (χ2v) is 4.12. The maximum absolute atomic E-state index is 11.1. The Labute approximate surface area is 116 Å². The maximum atomic E-state index is 11.1. The Hall–Kier alpha value is -2.41. The molecule has 20 heavy (non-hydrogen) atoms. The van der Waals surface area contributed by atoms with Gasteiger partial charge in [0.1, 0.15) is 0 Å². The number of hydrogen-bond donors (Lipinski definition) is 3. The first kappa shape index (κ1) is 14.0. The van der Waals surface area contributed by atoms with E-state index in [4.69, 9.17) is 10.2 Å². The fourth-order valence-electron chi connectivity index (χ4n) is 1.81. The average Bonchev–Trinajstić information content (AvgIpc) is 2.97. The summed E-state index contributed by atoms with van der Waals surface area (Å²) in [7, 11) is 0. The van der Waals surface area contributed by atoms with Crippen molar-refractivity contribution in [3.05, 3.63) is 35.4 Å². The van der Waals surface area contributed by atoms with E-state index in [0.29, 0.717) is 18.1 Å². The first-order valence-corrected chi connectivity index (χ1v) is 6.25. The van der Waals surface area contributed by atoms with Gasteiger partial charge in [-0.15, -0.1) is 0 Å². The van der Waals surface area contributed by atoms with Crippen LogP contribution in [0.15, 0.2) is 34.4 Å². The van der Waals surface area contributed by atoms with Crippen LogP contribution in [0.3, 0.4) is 0 Å². The lowest BCUT2D eigenvalue weighted by Crippen LogP contribution is -2.36. The summed E-state index contributed by atoms with van der Waals surface area (Å²) in [5.74, 6) is -0.416. The molecule has 0 aromatic heterocycles. The van der Waals surface area contributed by atoms with Crippen LogP contribution in [0.1, 0.15) is 15.9 Å². The third-order valence-corrected chi connectivity index (χ3v) is 2.74. The Morgan fingerprint density at radius 3 is 2.95 bits per heavy atom. The molecule has 0 bridgehead atoms. The van der Waals surface area contributed by atoms with Gasteiger partial charge in [-0.05, 0) is 6.07 Å². The number of rotatable bonds is 5. The van der Waals surface area contributed by atoms with E-state index in [1.54, 1.807) is 18.2 Å². The van der Waals surface area contributed by atoms with Gasteiger partial charge in [-0.3, -0.25) is 0 Å². The van der Waals surface area contributed by atoms with Crippen LogP contribution in [0.5, 0.6) is 0 Å². The smallest absolute Gasteiger partial charge is 0.336 e. The van der Waals surface area contributed by atoms with Crippen molar-refractivity contribution < 1.29 is 15.0 Å². The minimum Gasteiger partial charge on any atom is -0.478 e. The Bertz CT molecular complexity index is 542. The van der Waals surface area contributed by atoms with Crippen molar-refractivity contribution >= 4 is 18.1 Å². The largest absolute Gasteiger partial charge is 0.478 e. The van der Waals surface area contributed by atoms with Gasteiger partial charge in [-0.25, -0.2) is 14.8 Å². The number of hydrogen-bond acceptors (Lipinski definition) is 6. The van der Waals surface area contributed by atoms with E-state index in [2.05, 4.69) is 15.4 Å². The molecular weight excluding hydrogens is 260 g/mol. The average molecular weight is 276 g/mol. The number of aliphatic imine (C=N–C) groups is 1. The van der Waals surface area contributed by atoms with Gasteiger partial charge < -0.3 is 15.5 Å². The Morgan fingerprint density at radius 1 is 1.50 bits per heavy atom. The predicted octanol–water partition coefficient (Wildman–Crippen LogP) is -0.0278. The highest BCUT2D eigenvalue weighted by Gasteiger charge is 2.13. The normalized spacial score (nSPS) is 14.2. The highest BCUT2D eigenvalue weighted by atomic mass is 16.4. The molecule has 0 saturated carbocycles. The van der Waals surface area contributed by atoms with Crippen molar-refractivity contribution in [1.29, 1.82) is 0 Å². The number of nitrogens with zero attached hydrogens (tertiary/aromatic N) is 3. The molecule has 1 heterocycles.